The van der Waals surface area contributed by atoms with Crippen LogP contribution in [0.2, 0.25) is 0 Å². The van der Waals surface area contributed by atoms with Crippen LogP contribution >= 0.6 is 0 Å². The topological polar surface area (TPSA) is 51.1 Å². The number of rotatable bonds is 4. The van der Waals surface area contributed by atoms with E-state index >= 15 is 0 Å². The molecule has 1 fully saturated rings. The number of hydrogen-bond donors (Lipinski definition) is 1. The van der Waals surface area contributed by atoms with E-state index in [0.717, 1.165) is 47.8 Å². The van der Waals surface area contributed by atoms with E-state index in [4.69, 9.17) is 0 Å². The van der Waals surface area contributed by atoms with Gasteiger partial charge in [-0.1, -0.05) is 55.7 Å². The molecule has 26 heavy (non-hydrogen) atoms. The molecule has 0 spiro atoms. The molecule has 0 aliphatic heterocycles. The van der Waals surface area contributed by atoms with Crippen molar-refractivity contribution in [2.75, 3.05) is 0 Å². The second-order valence-corrected chi connectivity index (χ2v) is 8.85. The fraction of sp³-hybridized carbons (Fsp3) is 0.333. The van der Waals surface area contributed by atoms with E-state index in [9.17, 15) is 8.42 Å². The summed E-state index contributed by atoms with van der Waals surface area (Å²) in [6.07, 6.45) is 5.28. The first-order chi connectivity index (χ1) is 12.5. The minimum absolute atomic E-state index is 0.0674. The Hall–Kier alpha value is -2.11. The lowest BCUT2D eigenvalue weighted by molar-refractivity contribution is 0.412. The van der Waals surface area contributed by atoms with Crippen LogP contribution < -0.4 is 4.72 Å². The molecule has 1 aromatic heterocycles. The van der Waals surface area contributed by atoms with Crippen LogP contribution in [0.3, 0.4) is 0 Å². The van der Waals surface area contributed by atoms with E-state index in [1.54, 1.807) is 12.1 Å². The number of fused-ring (bicyclic) bond motifs is 1. The maximum absolute atomic E-state index is 12.8. The Labute approximate surface area is 154 Å². The Balaban J connectivity index is 1.70. The van der Waals surface area contributed by atoms with E-state index in [0.29, 0.717) is 4.90 Å². The normalized spacial score (nSPS) is 16.2. The van der Waals surface area contributed by atoms with Crippen molar-refractivity contribution >= 4 is 20.9 Å². The summed E-state index contributed by atoms with van der Waals surface area (Å²) in [6.45, 7) is 0. The summed E-state index contributed by atoms with van der Waals surface area (Å²) in [6, 6.07) is 17.7. The first-order valence-electron chi connectivity index (χ1n) is 9.22. The van der Waals surface area contributed by atoms with Crippen LogP contribution in [-0.4, -0.2) is 19.0 Å². The van der Waals surface area contributed by atoms with Gasteiger partial charge in [0.05, 0.1) is 4.90 Å². The van der Waals surface area contributed by atoms with Crippen LogP contribution in [0.15, 0.2) is 59.5 Å². The maximum Gasteiger partial charge on any atom is 0.240 e. The van der Waals surface area contributed by atoms with E-state index in [-0.39, 0.29) is 6.04 Å². The number of hydrogen-bond acceptors (Lipinski definition) is 2. The number of benzene rings is 2. The molecule has 0 radical (unpaired) electrons. The Morgan fingerprint density at radius 1 is 0.962 bits per heavy atom. The second-order valence-electron chi connectivity index (χ2n) is 7.13. The molecule has 4 rings (SSSR count). The number of sulfonamides is 1. The van der Waals surface area contributed by atoms with Gasteiger partial charge in [-0.15, -0.1) is 0 Å². The van der Waals surface area contributed by atoms with Gasteiger partial charge in [0.2, 0.25) is 10.0 Å². The van der Waals surface area contributed by atoms with E-state index < -0.39 is 10.0 Å². The smallest absolute Gasteiger partial charge is 0.240 e. The third-order valence-corrected chi connectivity index (χ3v) is 6.84. The van der Waals surface area contributed by atoms with Gasteiger partial charge in [-0.3, -0.25) is 0 Å². The van der Waals surface area contributed by atoms with E-state index in [1.165, 1.54) is 6.42 Å². The summed E-state index contributed by atoms with van der Waals surface area (Å²) in [5, 5.41) is 1.04. The van der Waals surface area contributed by atoms with Crippen molar-refractivity contribution in [3.05, 3.63) is 54.6 Å². The zero-order valence-electron chi connectivity index (χ0n) is 15.0. The highest BCUT2D eigenvalue weighted by Crippen LogP contribution is 2.29. The van der Waals surface area contributed by atoms with Crippen molar-refractivity contribution in [1.82, 2.24) is 9.29 Å². The SMILES string of the molecule is Cn1c(-c2ccccc2)cc2ccc(S(=O)(=O)NC3CCCCC3)cc21. The molecule has 1 saturated carbocycles. The van der Waals surface area contributed by atoms with Gasteiger partial charge in [0, 0.05) is 29.7 Å². The van der Waals surface area contributed by atoms with Crippen LogP contribution in [0, 0.1) is 0 Å². The van der Waals surface area contributed by atoms with Gasteiger partial charge < -0.3 is 4.57 Å². The number of aryl methyl sites for hydroxylation is 1. The predicted molar refractivity (Wildman–Crippen MR) is 106 cm³/mol. The Morgan fingerprint density at radius 2 is 1.69 bits per heavy atom. The fourth-order valence-corrected chi connectivity index (χ4v) is 5.20. The average Bonchev–Trinajstić information content (AvgIpc) is 2.99. The fourth-order valence-electron chi connectivity index (χ4n) is 3.87. The van der Waals surface area contributed by atoms with Crippen molar-refractivity contribution in [2.45, 2.75) is 43.0 Å². The molecular formula is C21H24N2O2S. The Morgan fingerprint density at radius 3 is 2.42 bits per heavy atom. The van der Waals surface area contributed by atoms with Gasteiger partial charge in [0.25, 0.3) is 0 Å². The summed E-state index contributed by atoms with van der Waals surface area (Å²) in [7, 11) is -1.51. The molecule has 4 nitrogen and oxygen atoms in total. The molecule has 2 aromatic carbocycles. The molecule has 5 heteroatoms. The molecule has 0 bridgehead atoms. The summed E-state index contributed by atoms with van der Waals surface area (Å²) in [5.74, 6) is 0. The van der Waals surface area contributed by atoms with Crippen molar-refractivity contribution in [1.29, 1.82) is 0 Å². The summed E-state index contributed by atoms with van der Waals surface area (Å²) in [4.78, 5) is 0.344. The molecule has 1 N–H and O–H groups in total. The molecular weight excluding hydrogens is 344 g/mol. The largest absolute Gasteiger partial charge is 0.344 e. The first kappa shape index (κ1) is 17.3. The third kappa shape index (κ3) is 3.29. The lowest BCUT2D eigenvalue weighted by Crippen LogP contribution is -2.36. The zero-order chi connectivity index (χ0) is 18.1. The molecule has 3 aromatic rings. The third-order valence-electron chi connectivity index (χ3n) is 5.32. The standard InChI is InChI=1S/C21H24N2O2S/c1-23-20(16-8-4-2-5-9-16)14-17-12-13-19(15-21(17)23)26(24,25)22-18-10-6-3-7-11-18/h2,4-5,8-9,12-15,18,22H,3,6-7,10-11H2,1H3. The van der Waals surface area contributed by atoms with E-state index in [2.05, 4.69) is 27.5 Å². The van der Waals surface area contributed by atoms with Crippen LogP contribution in [0.5, 0.6) is 0 Å². The highest BCUT2D eigenvalue weighted by atomic mass is 32.2. The molecule has 1 aliphatic rings. The molecule has 136 valence electrons. The second kappa shape index (κ2) is 6.89. The van der Waals surface area contributed by atoms with Gasteiger partial charge in [-0.25, -0.2) is 13.1 Å². The summed E-state index contributed by atoms with van der Waals surface area (Å²) in [5.41, 5.74) is 3.13. The first-order valence-corrected chi connectivity index (χ1v) is 10.7. The Bertz CT molecular complexity index is 1020. The zero-order valence-corrected chi connectivity index (χ0v) is 15.8. The van der Waals surface area contributed by atoms with Crippen molar-refractivity contribution < 1.29 is 8.42 Å². The average molecular weight is 369 g/mol. The monoisotopic (exact) mass is 368 g/mol. The maximum atomic E-state index is 12.8. The van der Waals surface area contributed by atoms with Gasteiger partial charge in [-0.05, 0) is 36.6 Å². The number of aromatic nitrogens is 1. The highest BCUT2D eigenvalue weighted by Gasteiger charge is 2.22. The van der Waals surface area contributed by atoms with Gasteiger partial charge in [0.15, 0.2) is 0 Å². The van der Waals surface area contributed by atoms with E-state index in [1.807, 2.05) is 31.3 Å². The van der Waals surface area contributed by atoms with Gasteiger partial charge in [0.1, 0.15) is 0 Å². The number of nitrogens with one attached hydrogen (secondary N) is 1. The minimum Gasteiger partial charge on any atom is -0.344 e. The van der Waals surface area contributed by atoms with Crippen molar-refractivity contribution in [3.8, 4) is 11.3 Å². The quantitative estimate of drug-likeness (QED) is 0.739. The van der Waals surface area contributed by atoms with Gasteiger partial charge >= 0.3 is 0 Å². The predicted octanol–water partition coefficient (Wildman–Crippen LogP) is 4.46. The highest BCUT2D eigenvalue weighted by molar-refractivity contribution is 7.89. The lowest BCUT2D eigenvalue weighted by atomic mass is 9.96. The van der Waals surface area contributed by atoms with Crippen LogP contribution in [0.25, 0.3) is 22.2 Å². The molecule has 0 saturated heterocycles. The summed E-state index contributed by atoms with van der Waals surface area (Å²) < 4.78 is 30.6. The van der Waals surface area contributed by atoms with Crippen LogP contribution in [0.4, 0.5) is 0 Å². The molecule has 0 atom stereocenters. The molecule has 1 aliphatic carbocycles. The van der Waals surface area contributed by atoms with Gasteiger partial charge in [-0.2, -0.15) is 0 Å². The molecule has 1 heterocycles. The van der Waals surface area contributed by atoms with Crippen LogP contribution in [0.1, 0.15) is 32.1 Å². The lowest BCUT2D eigenvalue weighted by Gasteiger charge is -2.22. The minimum atomic E-state index is -3.49. The molecule has 0 unspecified atom stereocenters. The Kier molecular flexibility index (Phi) is 4.59. The molecule has 0 amide bonds. The summed E-state index contributed by atoms with van der Waals surface area (Å²) >= 11 is 0. The van der Waals surface area contributed by atoms with Crippen molar-refractivity contribution in [3.63, 3.8) is 0 Å². The van der Waals surface area contributed by atoms with Crippen LogP contribution in [-0.2, 0) is 17.1 Å². The number of nitrogens with zero attached hydrogens (tertiary/aromatic N) is 1. The van der Waals surface area contributed by atoms with Crippen molar-refractivity contribution in [2.24, 2.45) is 7.05 Å².